The van der Waals surface area contributed by atoms with Gasteiger partial charge in [-0.1, -0.05) is 13.8 Å². The van der Waals surface area contributed by atoms with Crippen molar-refractivity contribution in [3.05, 3.63) is 11.8 Å². The monoisotopic (exact) mass is 209 g/mol. The van der Waals surface area contributed by atoms with E-state index in [0.29, 0.717) is 11.8 Å². The van der Waals surface area contributed by atoms with Gasteiger partial charge >= 0.3 is 0 Å². The summed E-state index contributed by atoms with van der Waals surface area (Å²) < 4.78 is 5.68. The Kier molecular flexibility index (Phi) is 3.05. The molecule has 0 bridgehead atoms. The van der Waals surface area contributed by atoms with Gasteiger partial charge in [-0.15, -0.1) is 10.2 Å². The van der Waals surface area contributed by atoms with Crippen LogP contribution in [-0.4, -0.2) is 35.2 Å². The first-order valence-corrected chi connectivity index (χ1v) is 5.68. The Morgan fingerprint density at radius 2 is 2.20 bits per heavy atom. The lowest BCUT2D eigenvalue weighted by molar-refractivity contribution is 0.227. The molecule has 1 aliphatic heterocycles. The maximum atomic E-state index is 5.68. The first kappa shape index (κ1) is 10.6. The van der Waals surface area contributed by atoms with Crippen LogP contribution in [0.1, 0.15) is 50.3 Å². The van der Waals surface area contributed by atoms with Crippen LogP contribution >= 0.6 is 0 Å². The van der Waals surface area contributed by atoms with Gasteiger partial charge in [-0.2, -0.15) is 0 Å². The number of aromatic nitrogens is 2. The number of hydrogen-bond donors (Lipinski definition) is 0. The molecule has 84 valence electrons. The van der Waals surface area contributed by atoms with Crippen molar-refractivity contribution in [1.29, 1.82) is 0 Å². The van der Waals surface area contributed by atoms with Gasteiger partial charge < -0.3 is 9.32 Å². The molecule has 15 heavy (non-hydrogen) atoms. The van der Waals surface area contributed by atoms with E-state index in [1.54, 1.807) is 0 Å². The van der Waals surface area contributed by atoms with Crippen molar-refractivity contribution in [3.8, 4) is 0 Å². The third kappa shape index (κ3) is 2.37. The highest BCUT2D eigenvalue weighted by Crippen LogP contribution is 2.26. The van der Waals surface area contributed by atoms with Gasteiger partial charge in [0.05, 0.1) is 5.92 Å². The standard InChI is InChI=1S/C11H19N3O/c1-8(2)10-12-13-11(15-10)9-5-4-6-14(3)7-9/h8-9H,4-7H2,1-3H3. The molecule has 1 saturated heterocycles. The maximum Gasteiger partial charge on any atom is 0.220 e. The van der Waals surface area contributed by atoms with Gasteiger partial charge in [-0.05, 0) is 26.4 Å². The molecule has 4 heteroatoms. The van der Waals surface area contributed by atoms with E-state index in [0.717, 1.165) is 18.3 Å². The van der Waals surface area contributed by atoms with Gasteiger partial charge in [-0.3, -0.25) is 0 Å². The summed E-state index contributed by atoms with van der Waals surface area (Å²) in [7, 11) is 2.14. The van der Waals surface area contributed by atoms with Crippen LogP contribution in [0, 0.1) is 0 Å². The fourth-order valence-corrected chi connectivity index (χ4v) is 2.01. The minimum absolute atomic E-state index is 0.326. The molecular weight excluding hydrogens is 190 g/mol. The van der Waals surface area contributed by atoms with Crippen molar-refractivity contribution >= 4 is 0 Å². The zero-order chi connectivity index (χ0) is 10.8. The molecule has 1 aromatic rings. The van der Waals surface area contributed by atoms with Crippen LogP contribution in [0.5, 0.6) is 0 Å². The minimum Gasteiger partial charge on any atom is -0.425 e. The summed E-state index contributed by atoms with van der Waals surface area (Å²) in [5.74, 6) is 2.35. The molecule has 1 fully saturated rings. The summed E-state index contributed by atoms with van der Waals surface area (Å²) in [4.78, 5) is 2.33. The van der Waals surface area contributed by atoms with E-state index in [4.69, 9.17) is 4.42 Å². The molecule has 1 atom stereocenters. The average Bonchev–Trinajstić information content (AvgIpc) is 2.66. The largest absolute Gasteiger partial charge is 0.425 e. The third-order valence-electron chi connectivity index (χ3n) is 2.92. The van der Waals surface area contributed by atoms with E-state index in [1.807, 2.05) is 0 Å². The number of hydrogen-bond acceptors (Lipinski definition) is 4. The van der Waals surface area contributed by atoms with Crippen molar-refractivity contribution in [2.45, 2.75) is 38.5 Å². The molecular formula is C11H19N3O. The van der Waals surface area contributed by atoms with E-state index < -0.39 is 0 Å². The summed E-state index contributed by atoms with van der Waals surface area (Å²) in [5, 5.41) is 8.23. The SMILES string of the molecule is CC(C)c1nnc(C2CCCN(C)C2)o1. The van der Waals surface area contributed by atoms with Crippen LogP contribution in [0.3, 0.4) is 0 Å². The summed E-state index contributed by atoms with van der Waals surface area (Å²) in [5.41, 5.74) is 0. The van der Waals surface area contributed by atoms with Gasteiger partial charge in [-0.25, -0.2) is 0 Å². The van der Waals surface area contributed by atoms with Crippen LogP contribution in [0.25, 0.3) is 0 Å². The molecule has 0 aliphatic carbocycles. The van der Waals surface area contributed by atoms with Gasteiger partial charge in [0.15, 0.2) is 0 Å². The van der Waals surface area contributed by atoms with Crippen LogP contribution in [0.2, 0.25) is 0 Å². The second kappa shape index (κ2) is 4.31. The first-order chi connectivity index (χ1) is 7.16. The topological polar surface area (TPSA) is 42.2 Å². The molecule has 1 aromatic heterocycles. The summed E-state index contributed by atoms with van der Waals surface area (Å²) in [6, 6.07) is 0. The minimum atomic E-state index is 0.326. The molecule has 4 nitrogen and oxygen atoms in total. The predicted octanol–water partition coefficient (Wildman–Crippen LogP) is 2.00. The number of likely N-dealkylation sites (N-methyl/N-ethyl adjacent to an activating group) is 1. The molecule has 2 heterocycles. The fourth-order valence-electron chi connectivity index (χ4n) is 2.01. The molecule has 0 saturated carbocycles. The van der Waals surface area contributed by atoms with Gasteiger partial charge in [0.2, 0.25) is 11.8 Å². The zero-order valence-electron chi connectivity index (χ0n) is 9.73. The number of rotatable bonds is 2. The van der Waals surface area contributed by atoms with E-state index in [-0.39, 0.29) is 0 Å². The lowest BCUT2D eigenvalue weighted by Gasteiger charge is -2.27. The quantitative estimate of drug-likeness (QED) is 0.747. The number of likely N-dealkylation sites (tertiary alicyclic amines) is 1. The van der Waals surface area contributed by atoms with E-state index in [2.05, 4.69) is 36.0 Å². The van der Waals surface area contributed by atoms with Crippen molar-refractivity contribution in [1.82, 2.24) is 15.1 Å². The fraction of sp³-hybridized carbons (Fsp3) is 0.818. The Balaban J connectivity index is 2.08. The molecule has 1 aliphatic rings. The summed E-state index contributed by atoms with van der Waals surface area (Å²) in [6.45, 7) is 6.37. The van der Waals surface area contributed by atoms with Crippen molar-refractivity contribution in [3.63, 3.8) is 0 Å². The van der Waals surface area contributed by atoms with Crippen molar-refractivity contribution in [2.24, 2.45) is 0 Å². The van der Waals surface area contributed by atoms with Gasteiger partial charge in [0.25, 0.3) is 0 Å². The van der Waals surface area contributed by atoms with Gasteiger partial charge in [0.1, 0.15) is 0 Å². The smallest absolute Gasteiger partial charge is 0.220 e. The molecule has 0 amide bonds. The van der Waals surface area contributed by atoms with Crippen LogP contribution in [0.15, 0.2) is 4.42 Å². The Morgan fingerprint density at radius 1 is 1.40 bits per heavy atom. The Labute approximate surface area is 90.7 Å². The maximum absolute atomic E-state index is 5.68. The lowest BCUT2D eigenvalue weighted by atomic mass is 9.99. The second-order valence-electron chi connectivity index (χ2n) is 4.73. The Hall–Kier alpha value is -0.900. The Morgan fingerprint density at radius 3 is 2.80 bits per heavy atom. The molecule has 0 aromatic carbocycles. The van der Waals surface area contributed by atoms with Crippen LogP contribution in [0.4, 0.5) is 0 Å². The number of piperidine rings is 1. The summed E-state index contributed by atoms with van der Waals surface area (Å²) >= 11 is 0. The zero-order valence-corrected chi connectivity index (χ0v) is 9.73. The van der Waals surface area contributed by atoms with E-state index in [9.17, 15) is 0 Å². The van der Waals surface area contributed by atoms with Crippen molar-refractivity contribution < 1.29 is 4.42 Å². The highest BCUT2D eigenvalue weighted by molar-refractivity contribution is 4.96. The second-order valence-corrected chi connectivity index (χ2v) is 4.73. The predicted molar refractivity (Wildman–Crippen MR) is 57.9 cm³/mol. The molecule has 2 rings (SSSR count). The van der Waals surface area contributed by atoms with Crippen molar-refractivity contribution in [2.75, 3.05) is 20.1 Å². The molecule has 1 unspecified atom stereocenters. The highest BCUT2D eigenvalue weighted by Gasteiger charge is 2.24. The molecule has 0 N–H and O–H groups in total. The number of nitrogens with zero attached hydrogens (tertiary/aromatic N) is 3. The average molecular weight is 209 g/mol. The first-order valence-electron chi connectivity index (χ1n) is 5.68. The normalized spacial score (nSPS) is 23.6. The van der Waals surface area contributed by atoms with Gasteiger partial charge in [0, 0.05) is 12.5 Å². The highest BCUT2D eigenvalue weighted by atomic mass is 16.4. The Bertz CT molecular complexity index is 321. The summed E-state index contributed by atoms with van der Waals surface area (Å²) in [6.07, 6.45) is 2.39. The van der Waals surface area contributed by atoms with Crippen LogP contribution in [-0.2, 0) is 0 Å². The lowest BCUT2D eigenvalue weighted by Crippen LogP contribution is -2.30. The van der Waals surface area contributed by atoms with E-state index >= 15 is 0 Å². The van der Waals surface area contributed by atoms with E-state index in [1.165, 1.54) is 19.4 Å². The molecule has 0 spiro atoms. The van der Waals surface area contributed by atoms with Crippen LogP contribution < -0.4 is 0 Å². The molecule has 0 radical (unpaired) electrons. The third-order valence-corrected chi connectivity index (χ3v) is 2.92.